The van der Waals surface area contributed by atoms with Crippen LogP contribution in [0.25, 0.3) is 0 Å². The van der Waals surface area contributed by atoms with E-state index in [4.69, 9.17) is 9.78 Å². The Morgan fingerprint density at radius 3 is 2.75 bits per heavy atom. The molecule has 1 N–H and O–H groups in total. The zero-order valence-electron chi connectivity index (χ0n) is 8.55. The second-order valence-electron chi connectivity index (χ2n) is 3.20. The first kappa shape index (κ1) is 10.2. The Labute approximate surface area is 92.7 Å². The van der Waals surface area contributed by atoms with Crippen LogP contribution >= 0.6 is 0 Å². The average molecular weight is 214 g/mol. The smallest absolute Gasteiger partial charge is 0.228 e. The minimum atomic E-state index is 0.612. The van der Waals surface area contributed by atoms with Crippen LogP contribution in [-0.2, 0) is 6.42 Å². The van der Waals surface area contributed by atoms with Crippen LogP contribution in [0.4, 0.5) is 5.69 Å². The Morgan fingerprint density at radius 1 is 1.31 bits per heavy atom. The fourth-order valence-electron chi connectivity index (χ4n) is 1.28. The topological polar surface area (TPSA) is 74.7 Å². The molecule has 16 heavy (non-hydrogen) atoms. The Kier molecular flexibility index (Phi) is 3.14. The van der Waals surface area contributed by atoms with E-state index in [1.54, 1.807) is 12.1 Å². The third-order valence-electron chi connectivity index (χ3n) is 2.09. The van der Waals surface area contributed by atoms with Gasteiger partial charge in [-0.1, -0.05) is 5.16 Å². The number of nitriles is 1. The van der Waals surface area contributed by atoms with Crippen molar-refractivity contribution in [2.24, 2.45) is 0 Å². The molecule has 1 heterocycles. The van der Waals surface area contributed by atoms with Crippen LogP contribution in [0.2, 0.25) is 0 Å². The number of benzene rings is 1. The van der Waals surface area contributed by atoms with E-state index in [0.717, 1.165) is 5.69 Å². The van der Waals surface area contributed by atoms with E-state index in [1.807, 2.05) is 12.1 Å². The highest BCUT2D eigenvalue weighted by Crippen LogP contribution is 2.08. The summed E-state index contributed by atoms with van der Waals surface area (Å²) in [4.78, 5) is 3.91. The van der Waals surface area contributed by atoms with Crippen LogP contribution < -0.4 is 5.32 Å². The number of hydrogen-bond donors (Lipinski definition) is 1. The van der Waals surface area contributed by atoms with Gasteiger partial charge in [-0.25, -0.2) is 0 Å². The standard InChI is InChI=1S/C11H10N4O/c12-7-9-1-3-10(4-2-9)13-6-5-11-14-8-15-16-11/h1-4,8,13H,5-6H2. The maximum absolute atomic E-state index is 8.63. The van der Waals surface area contributed by atoms with Gasteiger partial charge in [0, 0.05) is 18.7 Å². The van der Waals surface area contributed by atoms with E-state index < -0.39 is 0 Å². The van der Waals surface area contributed by atoms with E-state index in [1.165, 1.54) is 6.33 Å². The summed E-state index contributed by atoms with van der Waals surface area (Å²) >= 11 is 0. The molecule has 0 fully saturated rings. The van der Waals surface area contributed by atoms with Crippen LogP contribution in [0.5, 0.6) is 0 Å². The van der Waals surface area contributed by atoms with Crippen molar-refractivity contribution in [3.8, 4) is 6.07 Å². The third kappa shape index (κ3) is 2.58. The summed E-state index contributed by atoms with van der Waals surface area (Å²) in [7, 11) is 0. The number of nitrogens with zero attached hydrogens (tertiary/aromatic N) is 3. The number of anilines is 1. The lowest BCUT2D eigenvalue weighted by molar-refractivity contribution is 0.380. The zero-order chi connectivity index (χ0) is 11.2. The third-order valence-corrected chi connectivity index (χ3v) is 2.09. The zero-order valence-corrected chi connectivity index (χ0v) is 8.55. The van der Waals surface area contributed by atoms with Gasteiger partial charge in [-0.3, -0.25) is 0 Å². The Hall–Kier alpha value is -2.35. The first-order chi connectivity index (χ1) is 7.88. The highest BCUT2D eigenvalue weighted by molar-refractivity contribution is 5.47. The second-order valence-corrected chi connectivity index (χ2v) is 3.20. The van der Waals surface area contributed by atoms with Crippen molar-refractivity contribution >= 4 is 5.69 Å². The summed E-state index contributed by atoms with van der Waals surface area (Å²) in [6.45, 7) is 0.716. The minimum Gasteiger partial charge on any atom is -0.385 e. The van der Waals surface area contributed by atoms with Crippen molar-refractivity contribution in [1.29, 1.82) is 5.26 Å². The number of aromatic nitrogens is 2. The van der Waals surface area contributed by atoms with Crippen LogP contribution in [0.15, 0.2) is 35.1 Å². The molecule has 5 nitrogen and oxygen atoms in total. The monoisotopic (exact) mass is 214 g/mol. The lowest BCUT2D eigenvalue weighted by atomic mass is 10.2. The maximum Gasteiger partial charge on any atom is 0.228 e. The first-order valence-electron chi connectivity index (χ1n) is 4.88. The van der Waals surface area contributed by atoms with E-state index in [-0.39, 0.29) is 0 Å². The molecule has 0 saturated heterocycles. The predicted molar refractivity (Wildman–Crippen MR) is 57.6 cm³/mol. The van der Waals surface area contributed by atoms with Gasteiger partial charge in [0.1, 0.15) is 0 Å². The molecule has 5 heteroatoms. The van der Waals surface area contributed by atoms with Gasteiger partial charge in [-0.05, 0) is 24.3 Å². The van der Waals surface area contributed by atoms with E-state index in [9.17, 15) is 0 Å². The van der Waals surface area contributed by atoms with Crippen molar-refractivity contribution in [2.45, 2.75) is 6.42 Å². The normalized spacial score (nSPS) is 9.69. The van der Waals surface area contributed by atoms with Gasteiger partial charge in [-0.15, -0.1) is 0 Å². The Bertz CT molecular complexity index is 470. The van der Waals surface area contributed by atoms with E-state index >= 15 is 0 Å². The Morgan fingerprint density at radius 2 is 2.12 bits per heavy atom. The van der Waals surface area contributed by atoms with Crippen molar-refractivity contribution in [3.05, 3.63) is 42.0 Å². The fraction of sp³-hybridized carbons (Fsp3) is 0.182. The van der Waals surface area contributed by atoms with Crippen molar-refractivity contribution < 1.29 is 4.52 Å². The molecule has 0 aliphatic rings. The van der Waals surface area contributed by atoms with Crippen molar-refractivity contribution in [2.75, 3.05) is 11.9 Å². The molecule has 0 spiro atoms. The summed E-state index contributed by atoms with van der Waals surface area (Å²) in [5.41, 5.74) is 1.63. The molecule has 0 bridgehead atoms. The molecule has 0 atom stereocenters. The molecule has 80 valence electrons. The molecular formula is C11H10N4O. The van der Waals surface area contributed by atoms with Crippen LogP contribution in [-0.4, -0.2) is 16.7 Å². The average Bonchev–Trinajstić information content (AvgIpc) is 2.83. The molecule has 0 radical (unpaired) electrons. The quantitative estimate of drug-likeness (QED) is 0.836. The van der Waals surface area contributed by atoms with E-state index in [0.29, 0.717) is 24.4 Å². The molecule has 1 aromatic heterocycles. The van der Waals surface area contributed by atoms with Crippen LogP contribution in [0.3, 0.4) is 0 Å². The lowest BCUT2D eigenvalue weighted by Gasteiger charge is -2.03. The van der Waals surface area contributed by atoms with Crippen LogP contribution in [0, 0.1) is 11.3 Å². The van der Waals surface area contributed by atoms with Gasteiger partial charge in [0.25, 0.3) is 0 Å². The highest BCUT2D eigenvalue weighted by Gasteiger charge is 1.98. The van der Waals surface area contributed by atoms with Gasteiger partial charge in [0.15, 0.2) is 6.33 Å². The SMILES string of the molecule is N#Cc1ccc(NCCc2ncno2)cc1. The highest BCUT2D eigenvalue weighted by atomic mass is 16.5. The largest absolute Gasteiger partial charge is 0.385 e. The summed E-state index contributed by atoms with van der Waals surface area (Å²) in [6.07, 6.45) is 2.07. The van der Waals surface area contributed by atoms with Crippen molar-refractivity contribution in [1.82, 2.24) is 10.1 Å². The molecular weight excluding hydrogens is 204 g/mol. The number of nitrogens with one attached hydrogen (secondary N) is 1. The second kappa shape index (κ2) is 4.94. The molecule has 0 amide bonds. The fourth-order valence-corrected chi connectivity index (χ4v) is 1.28. The summed E-state index contributed by atoms with van der Waals surface area (Å²) in [5, 5.41) is 15.3. The van der Waals surface area contributed by atoms with Gasteiger partial charge >= 0.3 is 0 Å². The van der Waals surface area contributed by atoms with Crippen LogP contribution in [0.1, 0.15) is 11.5 Å². The molecule has 0 unspecified atom stereocenters. The molecule has 0 aliphatic carbocycles. The number of hydrogen-bond acceptors (Lipinski definition) is 5. The molecule has 0 saturated carbocycles. The number of rotatable bonds is 4. The minimum absolute atomic E-state index is 0.612. The summed E-state index contributed by atoms with van der Waals surface area (Å²) in [5.74, 6) is 0.612. The summed E-state index contributed by atoms with van der Waals surface area (Å²) in [6, 6.07) is 9.35. The van der Waals surface area contributed by atoms with Gasteiger partial charge in [0.2, 0.25) is 5.89 Å². The molecule has 2 aromatic rings. The molecule has 2 rings (SSSR count). The molecule has 1 aromatic carbocycles. The first-order valence-corrected chi connectivity index (χ1v) is 4.88. The van der Waals surface area contributed by atoms with Gasteiger partial charge in [0.05, 0.1) is 11.6 Å². The van der Waals surface area contributed by atoms with E-state index in [2.05, 4.69) is 21.5 Å². The Balaban J connectivity index is 1.83. The summed E-state index contributed by atoms with van der Waals surface area (Å²) < 4.78 is 4.86. The van der Waals surface area contributed by atoms with Gasteiger partial charge < -0.3 is 9.84 Å². The maximum atomic E-state index is 8.63. The van der Waals surface area contributed by atoms with Gasteiger partial charge in [-0.2, -0.15) is 10.2 Å². The lowest BCUT2D eigenvalue weighted by Crippen LogP contribution is -2.04. The predicted octanol–water partition coefficient (Wildman–Crippen LogP) is 1.60. The molecule has 0 aliphatic heterocycles. The van der Waals surface area contributed by atoms with Crippen molar-refractivity contribution in [3.63, 3.8) is 0 Å².